The fourth-order valence-corrected chi connectivity index (χ4v) is 3.35. The molecule has 6 heteroatoms. The summed E-state index contributed by atoms with van der Waals surface area (Å²) in [6, 6.07) is 6.04. The molecule has 0 heterocycles. The molecule has 0 saturated heterocycles. The molecule has 0 radical (unpaired) electrons. The summed E-state index contributed by atoms with van der Waals surface area (Å²) < 4.78 is 6.61. The van der Waals surface area contributed by atoms with E-state index >= 15 is 0 Å². The van der Waals surface area contributed by atoms with Gasteiger partial charge in [0.25, 0.3) is 0 Å². The molecule has 78 valence electrons. The number of benzene rings is 1. The van der Waals surface area contributed by atoms with Crippen LogP contribution in [0.3, 0.4) is 0 Å². The Bertz CT molecular complexity index is 315. The van der Waals surface area contributed by atoms with Gasteiger partial charge in [-0.2, -0.15) is 0 Å². The van der Waals surface area contributed by atoms with Gasteiger partial charge in [0.15, 0.2) is 0 Å². The van der Waals surface area contributed by atoms with Gasteiger partial charge in [-0.15, -0.1) is 0 Å². The molecule has 0 aliphatic rings. The molecule has 14 heavy (non-hydrogen) atoms. The molecule has 2 N–H and O–H groups in total. The first-order chi connectivity index (χ1) is 6.69. The van der Waals surface area contributed by atoms with E-state index in [1.165, 1.54) is 11.9 Å². The topological polar surface area (TPSA) is 35.2 Å². The largest absolute Gasteiger partial charge is 0.344 e. The standard InChI is InChI=1S/C8H10BrINOPS/c1-5(12-13-10)7-4-6(14-11)2-3-8(7)9/h2-5,13H,11H2,1H3. The molecular formula is C8H10BrINOPS. The predicted molar refractivity (Wildman–Crippen MR) is 76.0 cm³/mol. The Morgan fingerprint density at radius 1 is 1.64 bits per heavy atom. The van der Waals surface area contributed by atoms with E-state index in [9.17, 15) is 0 Å². The van der Waals surface area contributed by atoms with Gasteiger partial charge in [0.1, 0.15) is 0 Å². The molecule has 0 amide bonds. The van der Waals surface area contributed by atoms with E-state index < -0.39 is 0 Å². The minimum atomic E-state index is 0.103. The predicted octanol–water partition coefficient (Wildman–Crippen LogP) is 4.44. The Balaban J connectivity index is 2.93. The molecule has 0 spiro atoms. The summed E-state index contributed by atoms with van der Waals surface area (Å²) in [7, 11) is 0. The molecule has 0 aliphatic carbocycles. The van der Waals surface area contributed by atoms with Crippen LogP contribution >= 0.6 is 56.4 Å². The lowest BCUT2D eigenvalue weighted by atomic mass is 10.1. The second kappa shape index (κ2) is 6.66. The average Bonchev–Trinajstić information content (AvgIpc) is 2.19. The van der Waals surface area contributed by atoms with Crippen molar-refractivity contribution in [2.24, 2.45) is 5.14 Å². The van der Waals surface area contributed by atoms with Crippen LogP contribution in [0.15, 0.2) is 27.6 Å². The quantitative estimate of drug-likeness (QED) is 0.457. The molecule has 2 nitrogen and oxygen atoms in total. The zero-order chi connectivity index (χ0) is 10.6. The molecule has 1 aromatic carbocycles. The van der Waals surface area contributed by atoms with E-state index in [1.807, 2.05) is 19.1 Å². The number of hydrogen-bond acceptors (Lipinski definition) is 3. The van der Waals surface area contributed by atoms with Crippen molar-refractivity contribution in [1.82, 2.24) is 0 Å². The minimum absolute atomic E-state index is 0.103. The van der Waals surface area contributed by atoms with Gasteiger partial charge in [-0.05, 0) is 64.7 Å². The molecule has 0 aliphatic heterocycles. The van der Waals surface area contributed by atoms with Crippen molar-refractivity contribution in [2.45, 2.75) is 17.9 Å². The third-order valence-electron chi connectivity index (χ3n) is 1.76. The second-order valence-electron chi connectivity index (χ2n) is 2.64. The van der Waals surface area contributed by atoms with Crippen LogP contribution in [-0.2, 0) is 4.52 Å². The van der Waals surface area contributed by atoms with E-state index in [4.69, 9.17) is 9.66 Å². The van der Waals surface area contributed by atoms with E-state index in [-0.39, 0.29) is 6.10 Å². The van der Waals surface area contributed by atoms with Crippen LogP contribution in [-0.4, -0.2) is 0 Å². The molecule has 2 unspecified atom stereocenters. The van der Waals surface area contributed by atoms with Crippen molar-refractivity contribution in [2.75, 3.05) is 0 Å². The van der Waals surface area contributed by atoms with Gasteiger partial charge in [-0.3, -0.25) is 5.14 Å². The molecule has 1 rings (SSSR count). The normalized spacial score (nSPS) is 13.7. The summed E-state index contributed by atoms with van der Waals surface area (Å²) in [5.74, 6) is 0. The van der Waals surface area contributed by atoms with Gasteiger partial charge >= 0.3 is 0 Å². The average molecular weight is 406 g/mol. The van der Waals surface area contributed by atoms with Crippen LogP contribution in [0.25, 0.3) is 0 Å². The summed E-state index contributed by atoms with van der Waals surface area (Å²) in [4.78, 5) is 1.05. The lowest BCUT2D eigenvalue weighted by molar-refractivity contribution is 0.268. The van der Waals surface area contributed by atoms with Gasteiger partial charge in [0, 0.05) is 9.37 Å². The Kier molecular flexibility index (Phi) is 6.27. The summed E-state index contributed by atoms with van der Waals surface area (Å²) in [6.45, 7) is 2.51. The molecule has 0 saturated carbocycles. The Morgan fingerprint density at radius 2 is 2.36 bits per heavy atom. The second-order valence-corrected chi connectivity index (χ2v) is 5.91. The highest BCUT2D eigenvalue weighted by Crippen LogP contribution is 2.35. The zero-order valence-corrected chi connectivity index (χ0v) is 13.0. The van der Waals surface area contributed by atoms with Crippen LogP contribution in [0.2, 0.25) is 0 Å². The van der Waals surface area contributed by atoms with Crippen molar-refractivity contribution in [3.05, 3.63) is 28.2 Å². The first-order valence-electron chi connectivity index (χ1n) is 3.86. The summed E-state index contributed by atoms with van der Waals surface area (Å²) in [5.41, 5.74) is 1.14. The van der Waals surface area contributed by atoms with Crippen molar-refractivity contribution in [3.63, 3.8) is 0 Å². The first-order valence-corrected chi connectivity index (χ1v) is 9.56. The number of hydrogen-bond donors (Lipinski definition) is 1. The highest BCUT2D eigenvalue weighted by molar-refractivity contribution is 14.2. The smallest absolute Gasteiger partial charge is 0.0857 e. The third kappa shape index (κ3) is 3.61. The first kappa shape index (κ1) is 13.2. The van der Waals surface area contributed by atoms with Crippen molar-refractivity contribution < 1.29 is 4.52 Å². The molecular weight excluding hydrogens is 396 g/mol. The summed E-state index contributed by atoms with van der Waals surface area (Å²) in [5, 5.41) is 5.50. The number of halogens is 2. The lowest BCUT2D eigenvalue weighted by Gasteiger charge is -2.13. The van der Waals surface area contributed by atoms with Gasteiger partial charge < -0.3 is 4.52 Å². The molecule has 0 aromatic heterocycles. The van der Waals surface area contributed by atoms with Gasteiger partial charge in [-0.25, -0.2) is 0 Å². The minimum Gasteiger partial charge on any atom is -0.344 e. The van der Waals surface area contributed by atoms with Crippen molar-refractivity contribution in [3.8, 4) is 0 Å². The summed E-state index contributed by atoms with van der Waals surface area (Å²) in [6.07, 6.45) is 0.103. The number of nitrogens with two attached hydrogens (primary N) is 1. The van der Waals surface area contributed by atoms with E-state index in [0.29, 0.717) is 6.45 Å². The van der Waals surface area contributed by atoms with Crippen molar-refractivity contribution in [1.29, 1.82) is 0 Å². The maximum Gasteiger partial charge on any atom is 0.0857 e. The van der Waals surface area contributed by atoms with Crippen LogP contribution in [0.4, 0.5) is 0 Å². The Labute approximate surface area is 111 Å². The lowest BCUT2D eigenvalue weighted by Crippen LogP contribution is -1.95. The number of rotatable bonds is 4. The monoisotopic (exact) mass is 405 g/mol. The summed E-state index contributed by atoms with van der Waals surface area (Å²) >= 11 is 6.97. The fourth-order valence-electron chi connectivity index (χ4n) is 1.04. The maximum atomic E-state index is 5.54. The maximum absolute atomic E-state index is 5.54. The highest BCUT2D eigenvalue weighted by Gasteiger charge is 2.10. The molecule has 0 bridgehead atoms. The van der Waals surface area contributed by atoms with E-state index in [2.05, 4.69) is 44.0 Å². The van der Waals surface area contributed by atoms with Crippen LogP contribution in [0, 0.1) is 0 Å². The Morgan fingerprint density at radius 3 is 2.93 bits per heavy atom. The van der Waals surface area contributed by atoms with E-state index in [1.54, 1.807) is 0 Å². The van der Waals surface area contributed by atoms with Crippen LogP contribution in [0.1, 0.15) is 18.6 Å². The fraction of sp³-hybridized carbons (Fsp3) is 0.250. The van der Waals surface area contributed by atoms with E-state index in [0.717, 1.165) is 14.9 Å². The SMILES string of the molecule is CC(OPI)c1cc(SN)ccc1Br. The van der Waals surface area contributed by atoms with Gasteiger partial charge in [0.2, 0.25) is 0 Å². The van der Waals surface area contributed by atoms with Crippen molar-refractivity contribution >= 4 is 56.4 Å². The molecule has 1 aromatic rings. The van der Waals surface area contributed by atoms with Crippen LogP contribution in [0.5, 0.6) is 0 Å². The highest BCUT2D eigenvalue weighted by atomic mass is 127. The van der Waals surface area contributed by atoms with Gasteiger partial charge in [-0.1, -0.05) is 15.9 Å². The zero-order valence-electron chi connectivity index (χ0n) is 7.46. The Hall–Kier alpha value is 1.13. The molecule has 0 fully saturated rings. The van der Waals surface area contributed by atoms with Gasteiger partial charge in [0.05, 0.1) is 12.6 Å². The van der Waals surface area contributed by atoms with Crippen LogP contribution < -0.4 is 5.14 Å². The third-order valence-corrected chi connectivity index (χ3v) is 4.22. The molecule has 2 atom stereocenters.